The molecular weight excluding hydrogens is 332 g/mol. The second kappa shape index (κ2) is 7.20. The van der Waals surface area contributed by atoms with Crippen molar-refractivity contribution in [1.29, 1.82) is 0 Å². The predicted molar refractivity (Wildman–Crippen MR) is 75.7 cm³/mol. The van der Waals surface area contributed by atoms with Crippen LogP contribution in [0.25, 0.3) is 0 Å². The molecule has 0 aromatic carbocycles. The Morgan fingerprint density at radius 3 is 2.83 bits per heavy atom. The van der Waals surface area contributed by atoms with Crippen molar-refractivity contribution in [3.05, 3.63) is 22.7 Å². The van der Waals surface area contributed by atoms with E-state index >= 15 is 0 Å². The number of carbonyl (C=O) groups is 1. The minimum Gasteiger partial charge on any atom is -0.449 e. The first kappa shape index (κ1) is 18.2. The van der Waals surface area contributed by atoms with Gasteiger partial charge in [-0.2, -0.15) is 13.8 Å². The lowest BCUT2D eigenvalue weighted by Crippen LogP contribution is -2.41. The number of aliphatic hydroxyl groups excluding tert-OH is 2. The van der Waals surface area contributed by atoms with Gasteiger partial charge in [-0.15, -0.1) is 0 Å². The summed E-state index contributed by atoms with van der Waals surface area (Å²) in [5, 5.41) is 20.6. The first-order chi connectivity index (χ1) is 11.3. The molecule has 0 bridgehead atoms. The highest BCUT2D eigenvalue weighted by molar-refractivity contribution is 5.83. The lowest BCUT2D eigenvalue weighted by molar-refractivity contribution is -0.140. The third kappa shape index (κ3) is 3.52. The van der Waals surface area contributed by atoms with Gasteiger partial charge in [-0.05, 0) is 12.5 Å². The quantitative estimate of drug-likeness (QED) is 0.688. The number of aliphatic hydroxyl groups is 2. The van der Waals surface area contributed by atoms with Crippen molar-refractivity contribution in [2.75, 3.05) is 18.5 Å². The topological polar surface area (TPSA) is 123 Å². The Kier molecular flexibility index (Phi) is 5.47. The number of amides is 1. The fraction of sp³-hybridized carbons (Fsp3) is 0.615. The largest absolute Gasteiger partial charge is 0.449 e. The Labute approximate surface area is 134 Å². The molecule has 1 aromatic rings. The molecule has 1 aliphatic rings. The maximum absolute atomic E-state index is 14.0. The first-order valence-electron chi connectivity index (χ1n) is 7.16. The zero-order valence-electron chi connectivity index (χ0n) is 12.7. The van der Waals surface area contributed by atoms with E-state index in [1.54, 1.807) is 6.92 Å². The summed E-state index contributed by atoms with van der Waals surface area (Å²) in [6.07, 6.45) is -5.20. The Hall–Kier alpha value is -2.11. The molecule has 1 amide bonds. The number of anilines is 1. The molecule has 9 nitrogen and oxygen atoms in total. The zero-order chi connectivity index (χ0) is 17.9. The van der Waals surface area contributed by atoms with Crippen molar-refractivity contribution in [2.24, 2.45) is 0 Å². The van der Waals surface area contributed by atoms with E-state index in [4.69, 9.17) is 14.6 Å². The number of halogens is 2. The van der Waals surface area contributed by atoms with E-state index in [0.29, 0.717) is 11.0 Å². The normalized spacial score (nSPS) is 25.5. The van der Waals surface area contributed by atoms with Crippen molar-refractivity contribution in [1.82, 2.24) is 9.55 Å². The number of nitrogens with one attached hydrogen (secondary N) is 1. The second-order valence-corrected chi connectivity index (χ2v) is 5.09. The van der Waals surface area contributed by atoms with Gasteiger partial charge in [0.05, 0.1) is 13.2 Å². The molecule has 0 spiro atoms. The van der Waals surface area contributed by atoms with E-state index in [1.165, 1.54) is 0 Å². The van der Waals surface area contributed by atoms with Crippen molar-refractivity contribution in [2.45, 2.75) is 37.7 Å². The van der Waals surface area contributed by atoms with Crippen LogP contribution in [0.15, 0.2) is 17.1 Å². The molecule has 134 valence electrons. The standard InChI is InChI=1S/C13H17F2N3O6/c1-2-5-23-12(22)17-8-3-4-18(11(21)16-8)10-13(14,15)9(20)7(6-19)24-10/h3-4,7,9-10,19-20H,2,5-6H2,1H3,(H,16,17,21,22)/t7-,9-,10-/m1/s1. The van der Waals surface area contributed by atoms with Crippen LogP contribution >= 0.6 is 0 Å². The lowest BCUT2D eigenvalue weighted by atomic mass is 10.1. The van der Waals surface area contributed by atoms with Gasteiger partial charge in [0, 0.05) is 6.20 Å². The highest BCUT2D eigenvalue weighted by Gasteiger charge is 2.59. The number of hydrogen-bond acceptors (Lipinski definition) is 7. The number of nitrogens with zero attached hydrogens (tertiary/aromatic N) is 2. The monoisotopic (exact) mass is 349 g/mol. The summed E-state index contributed by atoms with van der Waals surface area (Å²) in [7, 11) is 0. The predicted octanol–water partition coefficient (Wildman–Crippen LogP) is 0.0877. The summed E-state index contributed by atoms with van der Waals surface area (Å²) in [6, 6.07) is 1.10. The van der Waals surface area contributed by atoms with Crippen LogP contribution < -0.4 is 11.0 Å². The average molecular weight is 349 g/mol. The highest BCUT2D eigenvalue weighted by Crippen LogP contribution is 2.41. The molecule has 1 aromatic heterocycles. The van der Waals surface area contributed by atoms with Crippen molar-refractivity contribution in [3.8, 4) is 0 Å². The molecule has 1 aliphatic heterocycles. The number of alkyl halides is 2. The first-order valence-corrected chi connectivity index (χ1v) is 7.16. The van der Waals surface area contributed by atoms with E-state index in [9.17, 15) is 23.5 Å². The van der Waals surface area contributed by atoms with Crippen LogP contribution in [0, 0.1) is 0 Å². The molecule has 2 heterocycles. The number of hydrogen-bond donors (Lipinski definition) is 3. The minimum atomic E-state index is -3.80. The van der Waals surface area contributed by atoms with E-state index < -0.39 is 42.7 Å². The summed E-state index contributed by atoms with van der Waals surface area (Å²) in [5.41, 5.74) is -1.13. The summed E-state index contributed by atoms with van der Waals surface area (Å²) >= 11 is 0. The van der Waals surface area contributed by atoms with Crippen molar-refractivity contribution < 1.29 is 33.3 Å². The van der Waals surface area contributed by atoms with Crippen LogP contribution in [0.5, 0.6) is 0 Å². The summed E-state index contributed by atoms with van der Waals surface area (Å²) in [6.45, 7) is 1.13. The maximum Gasteiger partial charge on any atom is 0.412 e. The second-order valence-electron chi connectivity index (χ2n) is 5.09. The van der Waals surface area contributed by atoms with Crippen LogP contribution in [-0.4, -0.2) is 57.2 Å². The molecule has 1 saturated heterocycles. The third-order valence-corrected chi connectivity index (χ3v) is 3.31. The number of ether oxygens (including phenoxy) is 2. The molecule has 0 aliphatic carbocycles. The summed E-state index contributed by atoms with van der Waals surface area (Å²) in [4.78, 5) is 26.7. The fourth-order valence-corrected chi connectivity index (χ4v) is 2.11. The van der Waals surface area contributed by atoms with Crippen LogP contribution in [-0.2, 0) is 9.47 Å². The minimum absolute atomic E-state index is 0.172. The smallest absolute Gasteiger partial charge is 0.412 e. The van der Waals surface area contributed by atoms with Gasteiger partial charge in [0.25, 0.3) is 0 Å². The van der Waals surface area contributed by atoms with Gasteiger partial charge in [0.2, 0.25) is 6.23 Å². The highest BCUT2D eigenvalue weighted by atomic mass is 19.3. The molecule has 3 N–H and O–H groups in total. The van der Waals surface area contributed by atoms with Crippen LogP contribution in [0.1, 0.15) is 19.6 Å². The molecule has 1 fully saturated rings. The Morgan fingerprint density at radius 1 is 1.58 bits per heavy atom. The summed E-state index contributed by atoms with van der Waals surface area (Å²) < 4.78 is 38.0. The van der Waals surface area contributed by atoms with E-state index in [0.717, 1.165) is 12.3 Å². The fourth-order valence-electron chi connectivity index (χ4n) is 2.11. The Balaban J connectivity index is 2.18. The van der Waals surface area contributed by atoms with Gasteiger partial charge in [-0.3, -0.25) is 9.88 Å². The molecule has 24 heavy (non-hydrogen) atoms. The van der Waals surface area contributed by atoms with Crippen molar-refractivity contribution in [3.63, 3.8) is 0 Å². The molecule has 2 rings (SSSR count). The molecule has 0 unspecified atom stereocenters. The number of aromatic nitrogens is 2. The molecule has 0 saturated carbocycles. The molecule has 11 heteroatoms. The van der Waals surface area contributed by atoms with Gasteiger partial charge >= 0.3 is 17.7 Å². The number of carbonyl (C=O) groups excluding carboxylic acids is 1. The average Bonchev–Trinajstić information content (AvgIpc) is 2.76. The number of rotatable bonds is 5. The Bertz CT molecular complexity index is 653. The van der Waals surface area contributed by atoms with Gasteiger partial charge in [0.1, 0.15) is 11.9 Å². The summed E-state index contributed by atoms with van der Waals surface area (Å²) in [5.74, 6) is -3.98. The third-order valence-electron chi connectivity index (χ3n) is 3.31. The van der Waals surface area contributed by atoms with Gasteiger partial charge in [-0.1, -0.05) is 6.92 Å². The van der Waals surface area contributed by atoms with Crippen LogP contribution in [0.4, 0.5) is 19.4 Å². The molecule has 0 radical (unpaired) electrons. The van der Waals surface area contributed by atoms with Crippen LogP contribution in [0.2, 0.25) is 0 Å². The van der Waals surface area contributed by atoms with E-state index in [-0.39, 0.29) is 12.4 Å². The SMILES string of the molecule is CCCOC(=O)Nc1ccn([C@@H]2O[C@H](CO)[C@@H](O)C2(F)F)c(=O)n1. The van der Waals surface area contributed by atoms with Gasteiger partial charge in [0.15, 0.2) is 6.10 Å². The molecular formula is C13H17F2N3O6. The Morgan fingerprint density at radius 2 is 2.29 bits per heavy atom. The maximum atomic E-state index is 14.0. The zero-order valence-corrected chi connectivity index (χ0v) is 12.7. The van der Waals surface area contributed by atoms with Gasteiger partial charge < -0.3 is 19.7 Å². The molecule has 3 atom stereocenters. The van der Waals surface area contributed by atoms with Gasteiger partial charge in [-0.25, -0.2) is 9.59 Å². The lowest BCUT2D eigenvalue weighted by Gasteiger charge is -2.21. The van der Waals surface area contributed by atoms with Crippen molar-refractivity contribution >= 4 is 11.9 Å². The van der Waals surface area contributed by atoms with Crippen LogP contribution in [0.3, 0.4) is 0 Å². The van der Waals surface area contributed by atoms with E-state index in [2.05, 4.69) is 10.3 Å². The van der Waals surface area contributed by atoms with E-state index in [1.807, 2.05) is 0 Å².